The Hall–Kier alpha value is -3.32. The Kier molecular flexibility index (Phi) is 10.2. The number of sulfonamides is 1. The average molecular weight is 589 g/mol. The Morgan fingerprint density at radius 1 is 1.10 bits per heavy atom. The van der Waals surface area contributed by atoms with Gasteiger partial charge in [0.25, 0.3) is 11.8 Å². The highest BCUT2D eigenvalue weighted by molar-refractivity contribution is 7.92. The van der Waals surface area contributed by atoms with Crippen LogP contribution in [0.1, 0.15) is 43.2 Å². The number of ether oxygens (including phenoxy) is 1. The van der Waals surface area contributed by atoms with Crippen LogP contribution in [0.15, 0.2) is 47.6 Å². The van der Waals surface area contributed by atoms with Crippen molar-refractivity contribution < 1.29 is 35.9 Å². The highest BCUT2D eigenvalue weighted by atomic mass is 35.5. The minimum absolute atomic E-state index is 0.118. The molecular weight excluding hydrogens is 561 g/mol. The number of nitrogens with one attached hydrogen (secondary N) is 2. The number of hydrazone groups is 1. The number of hydrogen-bond donors (Lipinski definition) is 2. The summed E-state index contributed by atoms with van der Waals surface area (Å²) in [5, 5.41) is 6.44. The number of alkyl halides is 3. The van der Waals surface area contributed by atoms with Crippen LogP contribution >= 0.6 is 11.6 Å². The molecular formula is C25H28ClF3N4O5S. The number of anilines is 1. The zero-order chi connectivity index (χ0) is 28.6. The molecule has 1 fully saturated rings. The molecule has 2 amide bonds. The lowest BCUT2D eigenvalue weighted by Crippen LogP contribution is -2.39. The third-order valence-electron chi connectivity index (χ3n) is 5.85. The topological polar surface area (TPSA) is 117 Å². The minimum Gasteiger partial charge on any atom is -0.484 e. The molecule has 0 radical (unpaired) electrons. The zero-order valence-electron chi connectivity index (χ0n) is 21.0. The van der Waals surface area contributed by atoms with Crippen molar-refractivity contribution in [1.82, 2.24) is 10.7 Å². The van der Waals surface area contributed by atoms with Gasteiger partial charge in [-0.2, -0.15) is 18.3 Å². The summed E-state index contributed by atoms with van der Waals surface area (Å²) in [4.78, 5) is 24.4. The summed E-state index contributed by atoms with van der Waals surface area (Å²) in [6, 6.07) is 8.82. The van der Waals surface area contributed by atoms with Crippen LogP contribution in [0.2, 0.25) is 5.02 Å². The van der Waals surface area contributed by atoms with Gasteiger partial charge in [0.05, 0.1) is 28.7 Å². The van der Waals surface area contributed by atoms with E-state index < -0.39 is 39.9 Å². The van der Waals surface area contributed by atoms with E-state index in [1.165, 1.54) is 12.6 Å². The van der Waals surface area contributed by atoms with E-state index >= 15 is 0 Å². The second-order valence-corrected chi connectivity index (χ2v) is 11.3. The lowest BCUT2D eigenvalue weighted by Gasteiger charge is -2.23. The number of hydrogen-bond acceptors (Lipinski definition) is 6. The van der Waals surface area contributed by atoms with Gasteiger partial charge in [-0.15, -0.1) is 0 Å². The molecule has 0 saturated heterocycles. The molecule has 2 aromatic carbocycles. The summed E-state index contributed by atoms with van der Waals surface area (Å²) in [5.41, 5.74) is 1.08. The summed E-state index contributed by atoms with van der Waals surface area (Å²) >= 11 is 5.94. The van der Waals surface area contributed by atoms with Crippen LogP contribution in [-0.2, 0) is 25.8 Å². The Bertz CT molecular complexity index is 1300. The highest BCUT2D eigenvalue weighted by Crippen LogP contribution is 2.36. The number of halogens is 4. The standard InChI is InChI=1S/C25H28ClF3N4O5S/c1-39(36,37)33(22-13-18(25(27,28)29)9-12-21(22)26)15-23(34)32-30-14-17-7-10-20(11-8-17)38-16-24(35)31-19-5-3-2-4-6-19/h7-14,19H,2-6,15-16H2,1H3,(H,31,35)(H,32,34)/b30-14-. The Morgan fingerprint density at radius 3 is 2.38 bits per heavy atom. The molecule has 1 saturated carbocycles. The molecule has 0 heterocycles. The molecule has 0 spiro atoms. The maximum Gasteiger partial charge on any atom is 0.416 e. The third kappa shape index (κ3) is 9.43. The van der Waals surface area contributed by atoms with Crippen LogP contribution in [-0.4, -0.2) is 51.9 Å². The fourth-order valence-electron chi connectivity index (χ4n) is 3.92. The fourth-order valence-corrected chi connectivity index (χ4v) is 5.05. The van der Waals surface area contributed by atoms with Crippen molar-refractivity contribution in [3.63, 3.8) is 0 Å². The zero-order valence-corrected chi connectivity index (χ0v) is 22.6. The smallest absolute Gasteiger partial charge is 0.416 e. The normalized spacial score (nSPS) is 14.7. The summed E-state index contributed by atoms with van der Waals surface area (Å²) in [5.74, 6) is -0.643. The molecule has 0 atom stereocenters. The van der Waals surface area contributed by atoms with Crippen molar-refractivity contribution in [3.8, 4) is 5.75 Å². The second-order valence-electron chi connectivity index (χ2n) is 8.99. The first kappa shape index (κ1) is 30.2. The van der Waals surface area contributed by atoms with Gasteiger partial charge in [0, 0.05) is 6.04 Å². The van der Waals surface area contributed by atoms with Gasteiger partial charge in [-0.1, -0.05) is 30.9 Å². The monoisotopic (exact) mass is 588 g/mol. The third-order valence-corrected chi connectivity index (χ3v) is 7.30. The number of carbonyl (C=O) groups excluding carboxylic acids is 2. The van der Waals surface area contributed by atoms with Crippen molar-refractivity contribution >= 4 is 45.3 Å². The maximum absolute atomic E-state index is 13.1. The van der Waals surface area contributed by atoms with E-state index in [1.54, 1.807) is 24.3 Å². The lowest BCUT2D eigenvalue weighted by atomic mass is 9.95. The summed E-state index contributed by atoms with van der Waals surface area (Å²) in [6.07, 6.45) is 2.63. The van der Waals surface area contributed by atoms with Gasteiger partial charge in [0.15, 0.2) is 6.61 Å². The number of amides is 2. The van der Waals surface area contributed by atoms with Gasteiger partial charge in [-0.3, -0.25) is 13.9 Å². The first-order chi connectivity index (χ1) is 18.3. The lowest BCUT2D eigenvalue weighted by molar-refractivity contribution is -0.137. The van der Waals surface area contributed by atoms with Gasteiger partial charge >= 0.3 is 6.18 Å². The van der Waals surface area contributed by atoms with Crippen LogP contribution in [0, 0.1) is 0 Å². The SMILES string of the molecule is CS(=O)(=O)N(CC(=O)N/N=C\c1ccc(OCC(=O)NC2CCCCC2)cc1)c1cc(C(F)(F)F)ccc1Cl. The predicted octanol–water partition coefficient (Wildman–Crippen LogP) is 4.10. The van der Waals surface area contributed by atoms with E-state index in [1.807, 2.05) is 0 Å². The van der Waals surface area contributed by atoms with Crippen LogP contribution in [0.5, 0.6) is 5.75 Å². The maximum atomic E-state index is 13.1. The van der Waals surface area contributed by atoms with Gasteiger partial charge in [-0.25, -0.2) is 13.8 Å². The molecule has 9 nitrogen and oxygen atoms in total. The van der Waals surface area contributed by atoms with Crippen molar-refractivity contribution in [2.24, 2.45) is 5.10 Å². The van der Waals surface area contributed by atoms with Crippen molar-refractivity contribution in [1.29, 1.82) is 0 Å². The van der Waals surface area contributed by atoms with Crippen molar-refractivity contribution in [3.05, 3.63) is 58.6 Å². The fraction of sp³-hybridized carbons (Fsp3) is 0.400. The number of rotatable bonds is 10. The van der Waals surface area contributed by atoms with E-state index in [9.17, 15) is 31.2 Å². The molecule has 0 aliphatic heterocycles. The molecule has 0 unspecified atom stereocenters. The molecule has 2 N–H and O–H groups in total. The van der Waals surface area contributed by atoms with Gasteiger partial charge in [-0.05, 0) is 60.9 Å². The summed E-state index contributed by atoms with van der Waals surface area (Å²) in [6.45, 7) is -0.973. The Balaban J connectivity index is 1.54. The summed E-state index contributed by atoms with van der Waals surface area (Å²) < 4.78 is 69.7. The molecule has 14 heteroatoms. The van der Waals surface area contributed by atoms with Gasteiger partial charge in [0.2, 0.25) is 10.0 Å². The molecule has 0 aromatic heterocycles. The minimum atomic E-state index is -4.74. The molecule has 3 rings (SSSR count). The van der Waals surface area contributed by atoms with E-state index in [0.29, 0.717) is 27.8 Å². The number of carbonyl (C=O) groups is 2. The van der Waals surface area contributed by atoms with E-state index in [2.05, 4.69) is 15.8 Å². The summed E-state index contributed by atoms with van der Waals surface area (Å²) in [7, 11) is -4.17. The van der Waals surface area contributed by atoms with Crippen LogP contribution in [0.3, 0.4) is 0 Å². The van der Waals surface area contributed by atoms with E-state index in [4.69, 9.17) is 16.3 Å². The Morgan fingerprint density at radius 2 is 1.77 bits per heavy atom. The predicted molar refractivity (Wildman–Crippen MR) is 141 cm³/mol. The van der Waals surface area contributed by atoms with Crippen molar-refractivity contribution in [2.45, 2.75) is 44.3 Å². The largest absolute Gasteiger partial charge is 0.484 e. The quantitative estimate of drug-likeness (QED) is 0.320. The first-order valence-corrected chi connectivity index (χ1v) is 14.2. The van der Waals surface area contributed by atoms with Gasteiger partial charge < -0.3 is 10.1 Å². The molecule has 1 aliphatic rings. The van der Waals surface area contributed by atoms with Crippen LogP contribution < -0.4 is 19.8 Å². The van der Waals surface area contributed by atoms with Gasteiger partial charge in [0.1, 0.15) is 12.3 Å². The molecule has 212 valence electrons. The average Bonchev–Trinajstić information content (AvgIpc) is 2.86. The molecule has 1 aliphatic carbocycles. The van der Waals surface area contributed by atoms with Crippen molar-refractivity contribution in [2.75, 3.05) is 23.7 Å². The number of nitrogens with zero attached hydrogens (tertiary/aromatic N) is 2. The van der Waals surface area contributed by atoms with E-state index in [0.717, 1.165) is 38.0 Å². The highest BCUT2D eigenvalue weighted by Gasteiger charge is 2.33. The first-order valence-electron chi connectivity index (χ1n) is 12.0. The van der Waals surface area contributed by atoms with Crippen LogP contribution in [0.4, 0.5) is 18.9 Å². The molecule has 2 aromatic rings. The second kappa shape index (κ2) is 13.2. The van der Waals surface area contributed by atoms with Crippen LogP contribution in [0.25, 0.3) is 0 Å². The molecule has 0 bridgehead atoms. The molecule has 39 heavy (non-hydrogen) atoms. The Labute approximate surface area is 229 Å². The number of benzene rings is 2. The van der Waals surface area contributed by atoms with E-state index in [-0.39, 0.29) is 23.6 Å².